The number of hydrogen-bond donors (Lipinski definition) is 2. The molecule has 104 valence electrons. The molecule has 2 aromatic rings. The number of aromatic carboxylic acids is 1. The van der Waals surface area contributed by atoms with Crippen LogP contribution >= 0.6 is 0 Å². The Morgan fingerprint density at radius 2 is 1.55 bits per heavy atom. The molecule has 0 aliphatic heterocycles. The van der Waals surface area contributed by atoms with E-state index in [9.17, 15) is 9.90 Å². The van der Waals surface area contributed by atoms with Crippen molar-refractivity contribution in [2.75, 3.05) is 14.1 Å². The predicted molar refractivity (Wildman–Crippen MR) is 78.9 cm³/mol. The standard InChI is InChI=1S/C16H17NO3/c1-17(2,11-12-3-9-15(18)10-4-12)14-7-5-13(6-8-14)16(19)20/h3-10H,11H2,1-2H3,(H-,18,19,20)/p+1. The number of rotatable bonds is 4. The quantitative estimate of drug-likeness (QED) is 0.841. The van der Waals surface area contributed by atoms with Crippen molar-refractivity contribution in [1.29, 1.82) is 0 Å². The fourth-order valence-electron chi connectivity index (χ4n) is 2.16. The van der Waals surface area contributed by atoms with Crippen LogP contribution in [0.3, 0.4) is 0 Å². The molecule has 4 nitrogen and oxygen atoms in total. The Bertz CT molecular complexity index is 601. The molecule has 2 aromatic carbocycles. The lowest BCUT2D eigenvalue weighted by Gasteiger charge is -2.29. The molecule has 0 saturated carbocycles. The van der Waals surface area contributed by atoms with Crippen molar-refractivity contribution >= 4 is 11.7 Å². The summed E-state index contributed by atoms with van der Waals surface area (Å²) in [5, 5.41) is 18.2. The summed E-state index contributed by atoms with van der Waals surface area (Å²) in [6.07, 6.45) is 0. The van der Waals surface area contributed by atoms with Crippen LogP contribution in [0.15, 0.2) is 48.5 Å². The molecule has 0 spiro atoms. The van der Waals surface area contributed by atoms with E-state index in [4.69, 9.17) is 5.11 Å². The molecule has 2 rings (SSSR count). The molecular weight excluding hydrogens is 254 g/mol. The molecule has 20 heavy (non-hydrogen) atoms. The normalized spacial score (nSPS) is 11.3. The third-order valence-electron chi connectivity index (χ3n) is 3.33. The number of phenols is 1. The Balaban J connectivity index is 2.20. The molecule has 0 heterocycles. The maximum atomic E-state index is 10.9. The Morgan fingerprint density at radius 1 is 1.00 bits per heavy atom. The van der Waals surface area contributed by atoms with Gasteiger partial charge in [0.2, 0.25) is 0 Å². The van der Waals surface area contributed by atoms with Gasteiger partial charge in [0.05, 0.1) is 19.7 Å². The monoisotopic (exact) mass is 272 g/mol. The molecular formula is C16H18NO3+. The fourth-order valence-corrected chi connectivity index (χ4v) is 2.16. The SMILES string of the molecule is C[N+](C)(Cc1ccc(O)cc1)c1ccc(C(=O)O)cc1. The minimum absolute atomic E-state index is 0.255. The van der Waals surface area contributed by atoms with Gasteiger partial charge in [0.25, 0.3) is 0 Å². The van der Waals surface area contributed by atoms with Crippen LogP contribution in [0.1, 0.15) is 15.9 Å². The van der Waals surface area contributed by atoms with Crippen molar-refractivity contribution in [2.24, 2.45) is 0 Å². The molecule has 0 aliphatic rings. The summed E-state index contributed by atoms with van der Waals surface area (Å²) >= 11 is 0. The van der Waals surface area contributed by atoms with Crippen molar-refractivity contribution in [3.63, 3.8) is 0 Å². The summed E-state index contributed by atoms with van der Waals surface area (Å²) in [6.45, 7) is 0.757. The van der Waals surface area contributed by atoms with Gasteiger partial charge in [-0.15, -0.1) is 0 Å². The second-order valence-electron chi connectivity index (χ2n) is 5.36. The zero-order valence-corrected chi connectivity index (χ0v) is 11.6. The van der Waals surface area contributed by atoms with Gasteiger partial charge in [-0.1, -0.05) is 0 Å². The highest BCUT2D eigenvalue weighted by molar-refractivity contribution is 5.87. The number of carboxylic acid groups (broad SMARTS) is 1. The highest BCUT2D eigenvalue weighted by Gasteiger charge is 2.20. The number of aromatic hydroxyl groups is 1. The number of carbonyl (C=O) groups is 1. The maximum Gasteiger partial charge on any atom is 0.335 e. The van der Waals surface area contributed by atoms with Gasteiger partial charge in [-0.05, 0) is 48.5 Å². The van der Waals surface area contributed by atoms with E-state index in [2.05, 4.69) is 14.1 Å². The van der Waals surface area contributed by atoms with Crippen molar-refractivity contribution in [3.05, 3.63) is 59.7 Å². The van der Waals surface area contributed by atoms with Crippen LogP contribution < -0.4 is 4.48 Å². The van der Waals surface area contributed by atoms with E-state index in [1.807, 2.05) is 24.3 Å². The van der Waals surface area contributed by atoms with Gasteiger partial charge in [0, 0.05) is 5.56 Å². The van der Waals surface area contributed by atoms with Gasteiger partial charge in [-0.3, -0.25) is 4.48 Å². The van der Waals surface area contributed by atoms with Gasteiger partial charge in [-0.25, -0.2) is 4.79 Å². The summed E-state index contributed by atoms with van der Waals surface area (Å²) in [5.74, 6) is -0.662. The Labute approximate surface area is 118 Å². The molecule has 0 amide bonds. The summed E-state index contributed by atoms with van der Waals surface area (Å²) in [4.78, 5) is 10.9. The minimum atomic E-state index is -0.916. The van der Waals surface area contributed by atoms with E-state index in [1.54, 1.807) is 24.3 Å². The second-order valence-corrected chi connectivity index (χ2v) is 5.36. The molecule has 4 heteroatoms. The molecule has 0 saturated heterocycles. The highest BCUT2D eigenvalue weighted by atomic mass is 16.4. The first-order valence-electron chi connectivity index (χ1n) is 6.33. The molecule has 0 radical (unpaired) electrons. The van der Waals surface area contributed by atoms with Crippen LogP contribution in [0.5, 0.6) is 5.75 Å². The lowest BCUT2D eigenvalue weighted by atomic mass is 10.1. The average molecular weight is 272 g/mol. The van der Waals surface area contributed by atoms with Crippen LogP contribution in [0.2, 0.25) is 0 Å². The Hall–Kier alpha value is -2.33. The molecule has 0 atom stereocenters. The fraction of sp³-hybridized carbons (Fsp3) is 0.188. The molecule has 2 N–H and O–H groups in total. The van der Waals surface area contributed by atoms with Crippen LogP contribution in [-0.4, -0.2) is 30.3 Å². The molecule has 0 fully saturated rings. The number of phenolic OH excluding ortho intramolecular Hbond substituents is 1. The number of benzene rings is 2. The highest BCUT2D eigenvalue weighted by Crippen LogP contribution is 2.23. The van der Waals surface area contributed by atoms with Crippen molar-refractivity contribution in [2.45, 2.75) is 6.54 Å². The zero-order valence-electron chi connectivity index (χ0n) is 11.6. The van der Waals surface area contributed by atoms with E-state index >= 15 is 0 Å². The topological polar surface area (TPSA) is 57.5 Å². The summed E-state index contributed by atoms with van der Waals surface area (Å²) < 4.78 is 0.602. The van der Waals surface area contributed by atoms with Gasteiger partial charge in [0.1, 0.15) is 18.0 Å². The van der Waals surface area contributed by atoms with Gasteiger partial charge < -0.3 is 10.2 Å². The Morgan fingerprint density at radius 3 is 2.05 bits per heavy atom. The molecule has 0 aromatic heterocycles. The average Bonchev–Trinajstić information content (AvgIpc) is 2.41. The minimum Gasteiger partial charge on any atom is -0.508 e. The van der Waals surface area contributed by atoms with Crippen molar-refractivity contribution < 1.29 is 15.0 Å². The van der Waals surface area contributed by atoms with E-state index in [-0.39, 0.29) is 5.75 Å². The van der Waals surface area contributed by atoms with E-state index < -0.39 is 5.97 Å². The van der Waals surface area contributed by atoms with Crippen LogP contribution in [0.25, 0.3) is 0 Å². The van der Waals surface area contributed by atoms with Gasteiger partial charge in [0.15, 0.2) is 0 Å². The third kappa shape index (κ3) is 3.16. The van der Waals surface area contributed by atoms with Crippen molar-refractivity contribution in [1.82, 2.24) is 4.48 Å². The van der Waals surface area contributed by atoms with Crippen LogP contribution in [-0.2, 0) is 6.54 Å². The van der Waals surface area contributed by atoms with E-state index in [1.165, 1.54) is 0 Å². The number of nitrogens with zero attached hydrogens (tertiary/aromatic N) is 1. The third-order valence-corrected chi connectivity index (χ3v) is 3.33. The van der Waals surface area contributed by atoms with Crippen molar-refractivity contribution in [3.8, 4) is 5.75 Å². The first-order valence-corrected chi connectivity index (χ1v) is 6.33. The summed E-state index contributed by atoms with van der Waals surface area (Å²) in [7, 11) is 4.12. The predicted octanol–water partition coefficient (Wildman–Crippen LogP) is 2.86. The van der Waals surface area contributed by atoms with E-state index in [0.29, 0.717) is 10.0 Å². The Kier molecular flexibility index (Phi) is 3.77. The largest absolute Gasteiger partial charge is 0.508 e. The first-order chi connectivity index (χ1) is 9.38. The van der Waals surface area contributed by atoms with E-state index in [0.717, 1.165) is 17.8 Å². The maximum absolute atomic E-state index is 10.9. The summed E-state index contributed by atoms with van der Waals surface area (Å²) in [5.41, 5.74) is 2.43. The number of quaternary nitrogens is 1. The zero-order chi connectivity index (χ0) is 14.8. The lowest BCUT2D eigenvalue weighted by molar-refractivity contribution is 0.0697. The molecule has 0 unspecified atom stereocenters. The van der Waals surface area contributed by atoms with Gasteiger partial charge >= 0.3 is 5.97 Å². The first kappa shape index (κ1) is 14.1. The number of carboxylic acids is 1. The van der Waals surface area contributed by atoms with Crippen LogP contribution in [0.4, 0.5) is 5.69 Å². The van der Waals surface area contributed by atoms with Gasteiger partial charge in [-0.2, -0.15) is 0 Å². The number of hydrogen-bond acceptors (Lipinski definition) is 2. The smallest absolute Gasteiger partial charge is 0.335 e. The molecule has 0 bridgehead atoms. The molecule has 0 aliphatic carbocycles. The summed E-state index contributed by atoms with van der Waals surface area (Å²) in [6, 6.07) is 14.0. The lowest BCUT2D eigenvalue weighted by Crippen LogP contribution is -2.39. The second kappa shape index (κ2) is 5.35. The van der Waals surface area contributed by atoms with Crippen LogP contribution in [0, 0.1) is 0 Å².